The molecule has 0 heterocycles. The maximum atomic E-state index is 11.6. The normalized spacial score (nSPS) is 11.9. The van der Waals surface area contributed by atoms with E-state index in [0.29, 0.717) is 13.2 Å². The van der Waals surface area contributed by atoms with Crippen LogP contribution in [0.5, 0.6) is 0 Å². The predicted molar refractivity (Wildman–Crippen MR) is 74.7 cm³/mol. The zero-order chi connectivity index (χ0) is 14.5. The fourth-order valence-electron chi connectivity index (χ4n) is 1.60. The summed E-state index contributed by atoms with van der Waals surface area (Å²) in [7, 11) is 0. The van der Waals surface area contributed by atoms with Crippen molar-refractivity contribution < 1.29 is 19.1 Å². The molecule has 0 saturated heterocycles. The highest BCUT2D eigenvalue weighted by Crippen LogP contribution is 2.08. The molecular weight excluding hydrogens is 244 g/mol. The van der Waals surface area contributed by atoms with E-state index in [2.05, 4.69) is 13.8 Å². The second-order valence-electron chi connectivity index (χ2n) is 4.91. The summed E-state index contributed by atoms with van der Waals surface area (Å²) in [6.45, 7) is 6.79. The summed E-state index contributed by atoms with van der Waals surface area (Å²) in [5.74, 6) is -1.03. The number of carbonyl (C=O) groups excluding carboxylic acids is 2. The third-order valence-electron chi connectivity index (χ3n) is 2.88. The maximum Gasteiger partial charge on any atom is 0.309 e. The van der Waals surface area contributed by atoms with Gasteiger partial charge in [-0.25, -0.2) is 0 Å². The molecule has 19 heavy (non-hydrogen) atoms. The third-order valence-corrected chi connectivity index (χ3v) is 2.88. The Kier molecular flexibility index (Phi) is 11.3. The fourth-order valence-corrected chi connectivity index (χ4v) is 1.60. The van der Waals surface area contributed by atoms with Crippen molar-refractivity contribution >= 4 is 11.9 Å². The monoisotopic (exact) mass is 272 g/mol. The predicted octanol–water partition coefficient (Wildman–Crippen LogP) is 3.48. The molecule has 0 rings (SSSR count). The summed E-state index contributed by atoms with van der Waals surface area (Å²) < 4.78 is 10.2. The Morgan fingerprint density at radius 2 is 1.42 bits per heavy atom. The van der Waals surface area contributed by atoms with E-state index >= 15 is 0 Å². The highest BCUT2D eigenvalue weighted by molar-refractivity contribution is 5.79. The van der Waals surface area contributed by atoms with Crippen molar-refractivity contribution in [3.05, 3.63) is 0 Å². The van der Waals surface area contributed by atoms with Crippen molar-refractivity contribution in [1.29, 1.82) is 0 Å². The Balaban J connectivity index is 3.66. The van der Waals surface area contributed by atoms with Crippen molar-refractivity contribution in [2.45, 2.75) is 65.7 Å². The van der Waals surface area contributed by atoms with Crippen molar-refractivity contribution in [3.63, 3.8) is 0 Å². The number of rotatable bonds is 11. The molecule has 112 valence electrons. The van der Waals surface area contributed by atoms with E-state index in [4.69, 9.17) is 9.47 Å². The van der Waals surface area contributed by atoms with Gasteiger partial charge in [0.05, 0.1) is 25.6 Å². The highest BCUT2D eigenvalue weighted by Gasteiger charge is 2.19. The molecule has 0 saturated carbocycles. The van der Waals surface area contributed by atoms with E-state index in [0.717, 1.165) is 38.5 Å². The molecule has 0 aliphatic rings. The van der Waals surface area contributed by atoms with Gasteiger partial charge in [-0.05, 0) is 12.8 Å². The van der Waals surface area contributed by atoms with Crippen molar-refractivity contribution in [3.8, 4) is 0 Å². The molecule has 0 spiro atoms. The van der Waals surface area contributed by atoms with Crippen molar-refractivity contribution in [2.24, 2.45) is 5.92 Å². The van der Waals surface area contributed by atoms with Gasteiger partial charge in [-0.2, -0.15) is 0 Å². The minimum absolute atomic E-state index is 0.110. The quantitative estimate of drug-likeness (QED) is 0.427. The second-order valence-corrected chi connectivity index (χ2v) is 4.91. The molecule has 0 fully saturated rings. The van der Waals surface area contributed by atoms with E-state index in [9.17, 15) is 9.59 Å². The van der Waals surface area contributed by atoms with Crippen LogP contribution >= 0.6 is 0 Å². The first-order valence-corrected chi connectivity index (χ1v) is 7.44. The van der Waals surface area contributed by atoms with Crippen LogP contribution in [0.15, 0.2) is 0 Å². The SMILES string of the molecule is CCCCCOC(=O)C[C@H](C)C(=O)OCCCCC. The van der Waals surface area contributed by atoms with E-state index in [1.54, 1.807) is 6.92 Å². The Bertz CT molecular complexity index is 251. The van der Waals surface area contributed by atoms with Gasteiger partial charge in [-0.1, -0.05) is 46.5 Å². The van der Waals surface area contributed by atoms with Crippen LogP contribution < -0.4 is 0 Å². The van der Waals surface area contributed by atoms with Gasteiger partial charge in [-0.15, -0.1) is 0 Å². The van der Waals surface area contributed by atoms with Crippen LogP contribution in [0.25, 0.3) is 0 Å². The molecule has 0 aromatic rings. The second kappa shape index (κ2) is 12.0. The van der Waals surface area contributed by atoms with Gasteiger partial charge in [0.2, 0.25) is 0 Å². The van der Waals surface area contributed by atoms with Crippen molar-refractivity contribution in [2.75, 3.05) is 13.2 Å². The lowest BCUT2D eigenvalue weighted by molar-refractivity contribution is -0.154. The topological polar surface area (TPSA) is 52.6 Å². The van der Waals surface area contributed by atoms with Crippen molar-refractivity contribution in [1.82, 2.24) is 0 Å². The lowest BCUT2D eigenvalue weighted by Gasteiger charge is -2.11. The van der Waals surface area contributed by atoms with Crippen LogP contribution in [-0.4, -0.2) is 25.2 Å². The molecule has 0 amide bonds. The van der Waals surface area contributed by atoms with Crippen LogP contribution in [0.2, 0.25) is 0 Å². The average molecular weight is 272 g/mol. The van der Waals surface area contributed by atoms with E-state index in [-0.39, 0.29) is 18.4 Å². The van der Waals surface area contributed by atoms with Gasteiger partial charge in [0.25, 0.3) is 0 Å². The van der Waals surface area contributed by atoms with Crippen LogP contribution in [0.1, 0.15) is 65.7 Å². The average Bonchev–Trinajstić information content (AvgIpc) is 2.39. The van der Waals surface area contributed by atoms with Crippen LogP contribution in [0.4, 0.5) is 0 Å². The van der Waals surface area contributed by atoms with Gasteiger partial charge in [0, 0.05) is 0 Å². The van der Waals surface area contributed by atoms with Gasteiger partial charge in [0.1, 0.15) is 0 Å². The first-order chi connectivity index (χ1) is 9.11. The summed E-state index contributed by atoms with van der Waals surface area (Å²) in [5, 5.41) is 0. The standard InChI is InChI=1S/C15H28O4/c1-4-6-8-10-18-14(16)12-13(3)15(17)19-11-9-7-5-2/h13H,4-12H2,1-3H3/t13-/m0/s1. The Labute approximate surface area is 116 Å². The molecule has 0 N–H and O–H groups in total. The van der Waals surface area contributed by atoms with Gasteiger partial charge < -0.3 is 9.47 Å². The fraction of sp³-hybridized carbons (Fsp3) is 0.867. The summed E-state index contributed by atoms with van der Waals surface area (Å²) in [6, 6.07) is 0. The Hall–Kier alpha value is -1.06. The van der Waals surface area contributed by atoms with Crippen LogP contribution in [-0.2, 0) is 19.1 Å². The van der Waals surface area contributed by atoms with E-state index < -0.39 is 5.92 Å². The first kappa shape index (κ1) is 17.9. The minimum Gasteiger partial charge on any atom is -0.466 e. The Morgan fingerprint density at radius 3 is 1.95 bits per heavy atom. The van der Waals surface area contributed by atoms with Gasteiger partial charge >= 0.3 is 11.9 Å². The first-order valence-electron chi connectivity index (χ1n) is 7.44. The molecule has 0 aliphatic heterocycles. The van der Waals surface area contributed by atoms with Crippen LogP contribution in [0.3, 0.4) is 0 Å². The number of carbonyl (C=O) groups is 2. The molecule has 0 unspecified atom stereocenters. The maximum absolute atomic E-state index is 11.6. The lowest BCUT2D eigenvalue weighted by atomic mass is 10.1. The number of unbranched alkanes of at least 4 members (excludes halogenated alkanes) is 4. The summed E-state index contributed by atoms with van der Waals surface area (Å²) in [5.41, 5.74) is 0. The zero-order valence-corrected chi connectivity index (χ0v) is 12.6. The summed E-state index contributed by atoms with van der Waals surface area (Å²) in [6.07, 6.45) is 6.19. The highest BCUT2D eigenvalue weighted by atomic mass is 16.5. The largest absolute Gasteiger partial charge is 0.466 e. The minimum atomic E-state index is -0.416. The Morgan fingerprint density at radius 1 is 0.895 bits per heavy atom. The van der Waals surface area contributed by atoms with Gasteiger partial charge in [0.15, 0.2) is 0 Å². The molecule has 0 bridgehead atoms. The summed E-state index contributed by atoms with van der Waals surface area (Å²) in [4.78, 5) is 23.1. The molecule has 0 aromatic heterocycles. The van der Waals surface area contributed by atoms with Crippen LogP contribution in [0, 0.1) is 5.92 Å². The molecule has 4 nitrogen and oxygen atoms in total. The molecule has 0 aromatic carbocycles. The number of hydrogen-bond donors (Lipinski definition) is 0. The molecule has 4 heteroatoms. The lowest BCUT2D eigenvalue weighted by Crippen LogP contribution is -2.20. The zero-order valence-electron chi connectivity index (χ0n) is 12.6. The molecule has 0 aliphatic carbocycles. The third kappa shape index (κ3) is 10.5. The number of ether oxygens (including phenoxy) is 2. The van der Waals surface area contributed by atoms with E-state index in [1.807, 2.05) is 0 Å². The molecule has 1 atom stereocenters. The smallest absolute Gasteiger partial charge is 0.309 e. The molecule has 0 radical (unpaired) electrons. The summed E-state index contributed by atoms with van der Waals surface area (Å²) >= 11 is 0. The number of esters is 2. The number of hydrogen-bond acceptors (Lipinski definition) is 4. The van der Waals surface area contributed by atoms with Gasteiger partial charge in [-0.3, -0.25) is 9.59 Å². The van der Waals surface area contributed by atoms with E-state index in [1.165, 1.54) is 0 Å². The molecular formula is C15H28O4.